The summed E-state index contributed by atoms with van der Waals surface area (Å²) in [5, 5.41) is 12.1. The molecule has 1 atom stereocenters. The second kappa shape index (κ2) is 9.37. The maximum Gasteiger partial charge on any atom is 0.312 e. The number of rotatable bonds is 8. The Morgan fingerprint density at radius 3 is 2.85 bits per heavy atom. The Labute approximate surface area is 162 Å². The lowest BCUT2D eigenvalue weighted by molar-refractivity contribution is -0.138. The monoisotopic (exact) mass is 395 g/mol. The number of benzene rings is 1. The van der Waals surface area contributed by atoms with Gasteiger partial charge in [0.15, 0.2) is 0 Å². The molecule has 1 aromatic heterocycles. The van der Waals surface area contributed by atoms with Crippen molar-refractivity contribution in [2.45, 2.75) is 12.3 Å². The van der Waals surface area contributed by atoms with Crippen molar-refractivity contribution in [3.8, 4) is 5.75 Å². The molecule has 1 saturated heterocycles. The van der Waals surface area contributed by atoms with Crippen LogP contribution in [0.15, 0.2) is 35.7 Å². The number of hydrogen-bond donors (Lipinski definition) is 1. The third-order valence-electron chi connectivity index (χ3n) is 4.40. The predicted octanol–water partition coefficient (Wildman–Crippen LogP) is 3.52. The molecule has 7 heteroatoms. The molecule has 1 aliphatic rings. The van der Waals surface area contributed by atoms with Crippen molar-refractivity contribution in [1.82, 2.24) is 4.90 Å². The van der Waals surface area contributed by atoms with Crippen molar-refractivity contribution in [3.63, 3.8) is 0 Å². The van der Waals surface area contributed by atoms with Crippen molar-refractivity contribution >= 4 is 28.9 Å². The summed E-state index contributed by atoms with van der Waals surface area (Å²) in [4.78, 5) is 14.9. The van der Waals surface area contributed by atoms with E-state index in [0.717, 1.165) is 43.3 Å². The van der Waals surface area contributed by atoms with E-state index in [4.69, 9.17) is 21.1 Å². The zero-order valence-electron chi connectivity index (χ0n) is 14.4. The topological polar surface area (TPSA) is 59.0 Å². The first-order valence-electron chi connectivity index (χ1n) is 8.61. The molecule has 1 fully saturated rings. The lowest BCUT2D eigenvalue weighted by Crippen LogP contribution is -2.38. The summed E-state index contributed by atoms with van der Waals surface area (Å²) in [6.07, 6.45) is 0.350. The molecule has 140 valence electrons. The van der Waals surface area contributed by atoms with E-state index in [2.05, 4.69) is 4.90 Å². The third-order valence-corrected chi connectivity index (χ3v) is 5.62. The van der Waals surface area contributed by atoms with E-state index < -0.39 is 11.9 Å². The molecular formula is C19H22ClNO4S. The van der Waals surface area contributed by atoms with Crippen molar-refractivity contribution in [2.24, 2.45) is 0 Å². The molecule has 0 aliphatic carbocycles. The minimum Gasteiger partial charge on any atom is -0.492 e. The molecule has 3 rings (SSSR count). The maximum absolute atomic E-state index is 11.7. The molecule has 1 aromatic carbocycles. The molecule has 0 saturated carbocycles. The fourth-order valence-corrected chi connectivity index (χ4v) is 3.99. The van der Waals surface area contributed by atoms with Crippen LogP contribution < -0.4 is 4.74 Å². The highest BCUT2D eigenvalue weighted by molar-refractivity contribution is 7.10. The zero-order valence-corrected chi connectivity index (χ0v) is 16.0. The largest absolute Gasteiger partial charge is 0.492 e. The molecule has 1 aliphatic heterocycles. The Bertz CT molecular complexity index is 716. The molecule has 1 N–H and O–H groups in total. The molecule has 0 spiro atoms. The number of carbonyl (C=O) groups is 1. The lowest BCUT2D eigenvalue weighted by Gasteiger charge is -2.26. The van der Waals surface area contributed by atoms with E-state index in [9.17, 15) is 9.90 Å². The van der Waals surface area contributed by atoms with Crippen LogP contribution in [0.25, 0.3) is 0 Å². The second-order valence-corrected chi connectivity index (χ2v) is 7.58. The van der Waals surface area contributed by atoms with E-state index in [0.29, 0.717) is 23.8 Å². The van der Waals surface area contributed by atoms with Crippen molar-refractivity contribution in [2.75, 3.05) is 39.5 Å². The Balaban J connectivity index is 1.67. The maximum atomic E-state index is 11.7. The van der Waals surface area contributed by atoms with E-state index in [1.807, 2.05) is 23.6 Å². The summed E-state index contributed by atoms with van der Waals surface area (Å²) in [7, 11) is 0. The van der Waals surface area contributed by atoms with Crippen LogP contribution in [0.2, 0.25) is 5.02 Å². The molecule has 5 nitrogen and oxygen atoms in total. The zero-order chi connectivity index (χ0) is 18.4. The number of nitrogens with zero attached hydrogens (tertiary/aromatic N) is 1. The normalized spacial score (nSPS) is 16.3. The van der Waals surface area contributed by atoms with Crippen LogP contribution in [0.1, 0.15) is 16.4 Å². The van der Waals surface area contributed by atoms with Gasteiger partial charge in [0.05, 0.1) is 19.1 Å². The summed E-state index contributed by atoms with van der Waals surface area (Å²) in [5.41, 5.74) is 0.820. The highest BCUT2D eigenvalue weighted by Gasteiger charge is 2.23. The number of carboxylic acid groups (broad SMARTS) is 1. The van der Waals surface area contributed by atoms with Gasteiger partial charge in [-0.1, -0.05) is 17.7 Å². The van der Waals surface area contributed by atoms with Gasteiger partial charge in [0.25, 0.3) is 0 Å². The van der Waals surface area contributed by atoms with Gasteiger partial charge in [-0.05, 0) is 41.6 Å². The summed E-state index contributed by atoms with van der Waals surface area (Å²) in [6, 6.07) is 9.12. The van der Waals surface area contributed by atoms with Crippen molar-refractivity contribution in [1.29, 1.82) is 0 Å². The number of aliphatic carboxylic acids is 1. The molecule has 2 heterocycles. The van der Waals surface area contributed by atoms with Crippen LogP contribution in [0, 0.1) is 0 Å². The van der Waals surface area contributed by atoms with Gasteiger partial charge < -0.3 is 14.6 Å². The van der Waals surface area contributed by atoms with E-state index in [1.165, 1.54) is 11.3 Å². The molecule has 1 unspecified atom stereocenters. The van der Waals surface area contributed by atoms with Gasteiger partial charge >= 0.3 is 5.97 Å². The van der Waals surface area contributed by atoms with Crippen LogP contribution in [0.4, 0.5) is 0 Å². The SMILES string of the molecule is O=C(O)C(Cc1cc(Cl)ccc1OCCN1CCOCC1)c1cccs1. The van der Waals surface area contributed by atoms with Crippen LogP contribution >= 0.6 is 22.9 Å². The smallest absolute Gasteiger partial charge is 0.312 e. The minimum absolute atomic E-state index is 0.350. The highest BCUT2D eigenvalue weighted by atomic mass is 35.5. The minimum atomic E-state index is -0.841. The summed E-state index contributed by atoms with van der Waals surface area (Å²) in [5.74, 6) is -0.743. The average molecular weight is 396 g/mol. The van der Waals surface area contributed by atoms with Gasteiger partial charge in [-0.15, -0.1) is 11.3 Å². The first-order chi connectivity index (χ1) is 12.6. The lowest BCUT2D eigenvalue weighted by atomic mass is 9.97. The number of morpholine rings is 1. The second-order valence-electron chi connectivity index (χ2n) is 6.16. The Morgan fingerprint density at radius 1 is 1.35 bits per heavy atom. The van der Waals surface area contributed by atoms with E-state index in [1.54, 1.807) is 12.1 Å². The number of halogens is 1. The fraction of sp³-hybridized carbons (Fsp3) is 0.421. The summed E-state index contributed by atoms with van der Waals surface area (Å²) < 4.78 is 11.3. The number of carboxylic acids is 1. The molecule has 0 amide bonds. The Hall–Kier alpha value is -1.60. The van der Waals surface area contributed by atoms with Gasteiger partial charge in [0, 0.05) is 29.5 Å². The Kier molecular flexibility index (Phi) is 6.91. The average Bonchev–Trinajstić information content (AvgIpc) is 3.16. The fourth-order valence-electron chi connectivity index (χ4n) is 2.98. The van der Waals surface area contributed by atoms with Gasteiger partial charge in [-0.3, -0.25) is 9.69 Å². The summed E-state index contributed by atoms with van der Waals surface area (Å²) in [6.45, 7) is 4.71. The molecule has 0 radical (unpaired) electrons. The first-order valence-corrected chi connectivity index (χ1v) is 9.87. The van der Waals surface area contributed by atoms with E-state index >= 15 is 0 Å². The molecule has 2 aromatic rings. The Morgan fingerprint density at radius 2 is 2.15 bits per heavy atom. The van der Waals surface area contributed by atoms with Crippen LogP contribution in [0.5, 0.6) is 5.75 Å². The van der Waals surface area contributed by atoms with Gasteiger partial charge in [-0.25, -0.2) is 0 Å². The standard InChI is InChI=1S/C19H22ClNO4S/c20-15-3-4-17(25-10-7-21-5-8-24-9-6-21)14(12-15)13-16(19(22)23)18-2-1-11-26-18/h1-4,11-12,16H,5-10,13H2,(H,22,23). The van der Waals surface area contributed by atoms with E-state index in [-0.39, 0.29) is 0 Å². The van der Waals surface area contributed by atoms with Crippen LogP contribution in [-0.2, 0) is 16.0 Å². The van der Waals surface area contributed by atoms with Crippen LogP contribution in [0.3, 0.4) is 0 Å². The molecule has 0 bridgehead atoms. The number of hydrogen-bond acceptors (Lipinski definition) is 5. The van der Waals surface area contributed by atoms with Gasteiger partial charge in [-0.2, -0.15) is 0 Å². The number of thiophene rings is 1. The number of ether oxygens (including phenoxy) is 2. The quantitative estimate of drug-likeness (QED) is 0.741. The van der Waals surface area contributed by atoms with Crippen molar-refractivity contribution in [3.05, 3.63) is 51.2 Å². The highest BCUT2D eigenvalue weighted by Crippen LogP contribution is 2.31. The van der Waals surface area contributed by atoms with Gasteiger partial charge in [0.2, 0.25) is 0 Å². The summed E-state index contributed by atoms with van der Waals surface area (Å²) >= 11 is 7.59. The van der Waals surface area contributed by atoms with Crippen LogP contribution in [-0.4, -0.2) is 55.4 Å². The van der Waals surface area contributed by atoms with Crippen molar-refractivity contribution < 1.29 is 19.4 Å². The third kappa shape index (κ3) is 5.20. The first kappa shape index (κ1) is 19.2. The predicted molar refractivity (Wildman–Crippen MR) is 103 cm³/mol. The van der Waals surface area contributed by atoms with Gasteiger partial charge in [0.1, 0.15) is 12.4 Å². The molecular weight excluding hydrogens is 374 g/mol. The molecule has 26 heavy (non-hydrogen) atoms.